The van der Waals surface area contributed by atoms with Crippen molar-refractivity contribution in [3.63, 3.8) is 0 Å². The largest absolute Gasteiger partial charge is 0.346 e. The molecule has 11 nitrogen and oxygen atoms in total. The average Bonchev–Trinajstić information content (AvgIpc) is 3.56. The molecule has 3 aromatic rings. The number of nitrogens with zero attached hydrogens (tertiary/aromatic N) is 5. The van der Waals surface area contributed by atoms with Gasteiger partial charge in [0, 0.05) is 55.3 Å². The number of halogens is 1. The number of thiazole rings is 2. The van der Waals surface area contributed by atoms with Crippen LogP contribution in [0.3, 0.4) is 0 Å². The number of carbonyl (C=O) groups is 3. The van der Waals surface area contributed by atoms with Crippen LogP contribution in [0.5, 0.6) is 0 Å². The summed E-state index contributed by atoms with van der Waals surface area (Å²) < 4.78 is 0. The van der Waals surface area contributed by atoms with Crippen LogP contribution in [0.2, 0.25) is 5.02 Å². The quantitative estimate of drug-likeness (QED) is 0.402. The fourth-order valence-electron chi connectivity index (χ4n) is 4.32. The second-order valence-electron chi connectivity index (χ2n) is 8.90. The van der Waals surface area contributed by atoms with Crippen LogP contribution in [-0.4, -0.2) is 76.3 Å². The molecule has 0 radical (unpaired) electrons. The van der Waals surface area contributed by atoms with Crippen molar-refractivity contribution in [2.75, 3.05) is 36.9 Å². The van der Waals surface area contributed by atoms with Crippen molar-refractivity contribution in [3.8, 4) is 0 Å². The molecule has 194 valence electrons. The molecule has 3 aromatic heterocycles. The minimum Gasteiger partial charge on any atom is -0.346 e. The van der Waals surface area contributed by atoms with Gasteiger partial charge in [-0.05, 0) is 25.6 Å². The van der Waals surface area contributed by atoms with Crippen LogP contribution in [0.1, 0.15) is 26.8 Å². The molecule has 0 saturated carbocycles. The highest BCUT2D eigenvalue weighted by atomic mass is 35.5. The predicted octanol–water partition coefficient (Wildman–Crippen LogP) is 1.77. The molecule has 0 bridgehead atoms. The van der Waals surface area contributed by atoms with Crippen LogP contribution in [0.25, 0.3) is 0 Å². The molecule has 2 atom stereocenters. The molecule has 1 saturated heterocycles. The van der Waals surface area contributed by atoms with Gasteiger partial charge in [-0.2, -0.15) is 0 Å². The third kappa shape index (κ3) is 6.06. The number of hydrogen-bond acceptors (Lipinski definition) is 10. The van der Waals surface area contributed by atoms with Crippen molar-refractivity contribution in [1.82, 2.24) is 30.5 Å². The highest BCUT2D eigenvalue weighted by Crippen LogP contribution is 2.26. The lowest BCUT2D eigenvalue weighted by atomic mass is 9.99. The first-order valence-electron chi connectivity index (χ1n) is 11.7. The van der Waals surface area contributed by atoms with Gasteiger partial charge in [0.05, 0.1) is 22.8 Å². The highest BCUT2D eigenvalue weighted by Gasteiger charge is 2.34. The van der Waals surface area contributed by atoms with Gasteiger partial charge in [0.1, 0.15) is 5.82 Å². The Morgan fingerprint density at radius 3 is 2.73 bits per heavy atom. The Labute approximate surface area is 226 Å². The maximum absolute atomic E-state index is 13.2. The standard InChI is InChI=1S/C23H25ClN8O3S2/c1-31-7-4-15-17(12-31)37-22(29-15)21(35)28-16-11-32(23-25-6-9-36-23)8-5-14(16)27-19(33)20(34)30-18-3-2-13(24)10-26-18/h2-3,6,9-10,14,16H,4-5,7-8,11-12H2,1H3,(H,27,33)(H,28,35)(H,26,30,34)/t14-,16+/m0/s1. The molecule has 5 heterocycles. The zero-order valence-corrected chi connectivity index (χ0v) is 22.3. The molecule has 1 fully saturated rings. The van der Waals surface area contributed by atoms with Crippen LogP contribution in [-0.2, 0) is 22.6 Å². The summed E-state index contributed by atoms with van der Waals surface area (Å²) in [5.41, 5.74) is 0.971. The van der Waals surface area contributed by atoms with Crippen molar-refractivity contribution in [1.29, 1.82) is 0 Å². The fraction of sp³-hybridized carbons (Fsp3) is 0.391. The normalized spacial score (nSPS) is 19.7. The van der Waals surface area contributed by atoms with Crippen LogP contribution in [0.4, 0.5) is 10.9 Å². The molecule has 3 N–H and O–H groups in total. The van der Waals surface area contributed by atoms with Gasteiger partial charge in [-0.15, -0.1) is 22.7 Å². The molecule has 0 spiro atoms. The zero-order valence-electron chi connectivity index (χ0n) is 19.9. The molecule has 14 heteroatoms. The van der Waals surface area contributed by atoms with E-state index in [1.807, 2.05) is 12.4 Å². The molecule has 0 aromatic carbocycles. The van der Waals surface area contributed by atoms with Gasteiger partial charge >= 0.3 is 11.8 Å². The maximum Gasteiger partial charge on any atom is 0.314 e. The van der Waals surface area contributed by atoms with E-state index in [4.69, 9.17) is 11.6 Å². The second-order valence-corrected chi connectivity index (χ2v) is 11.3. The first kappa shape index (κ1) is 25.5. The Hall–Kier alpha value is -3.13. The highest BCUT2D eigenvalue weighted by molar-refractivity contribution is 7.14. The summed E-state index contributed by atoms with van der Waals surface area (Å²) in [5, 5.41) is 11.9. The fourth-order valence-corrected chi connectivity index (χ4v) is 6.21. The van der Waals surface area contributed by atoms with Gasteiger partial charge in [0.25, 0.3) is 5.91 Å². The molecule has 0 aliphatic carbocycles. The van der Waals surface area contributed by atoms with E-state index in [0.29, 0.717) is 29.5 Å². The van der Waals surface area contributed by atoms with Crippen LogP contribution < -0.4 is 20.9 Å². The second kappa shape index (κ2) is 11.1. The number of rotatable bonds is 5. The Morgan fingerprint density at radius 1 is 1.11 bits per heavy atom. The van der Waals surface area contributed by atoms with E-state index in [1.165, 1.54) is 34.9 Å². The Kier molecular flexibility index (Phi) is 7.65. The SMILES string of the molecule is CN1CCc2nc(C(=O)N[C@@H]3CN(c4nccs4)CC[C@@H]3NC(=O)C(=O)Nc3ccc(Cl)cn3)sc2C1. The Morgan fingerprint density at radius 2 is 1.97 bits per heavy atom. The summed E-state index contributed by atoms with van der Waals surface area (Å²) in [6, 6.07) is 2.15. The van der Waals surface area contributed by atoms with Crippen LogP contribution in [0, 0.1) is 0 Å². The molecule has 37 heavy (non-hydrogen) atoms. The number of fused-ring (bicyclic) bond motifs is 1. The summed E-state index contributed by atoms with van der Waals surface area (Å²) in [6.07, 6.45) is 4.44. The summed E-state index contributed by atoms with van der Waals surface area (Å²) in [6.45, 7) is 2.73. The first-order valence-corrected chi connectivity index (χ1v) is 13.8. The monoisotopic (exact) mass is 560 g/mol. The summed E-state index contributed by atoms with van der Waals surface area (Å²) in [7, 11) is 2.05. The average molecular weight is 561 g/mol. The number of hydrogen-bond donors (Lipinski definition) is 3. The molecular formula is C23H25ClN8O3S2. The van der Waals surface area contributed by atoms with E-state index >= 15 is 0 Å². The number of amides is 3. The van der Waals surface area contributed by atoms with Crippen molar-refractivity contribution >= 4 is 62.9 Å². The zero-order chi connectivity index (χ0) is 25.9. The number of piperidine rings is 1. The number of aromatic nitrogens is 3. The molecule has 0 unspecified atom stereocenters. The van der Waals surface area contributed by atoms with Gasteiger partial charge < -0.3 is 25.8 Å². The van der Waals surface area contributed by atoms with Crippen molar-refractivity contribution in [3.05, 3.63) is 50.5 Å². The topological polar surface area (TPSA) is 132 Å². The van der Waals surface area contributed by atoms with Gasteiger partial charge in [0.2, 0.25) is 0 Å². The summed E-state index contributed by atoms with van der Waals surface area (Å²) in [4.78, 5) is 56.8. The molecule has 2 aliphatic heterocycles. The van der Waals surface area contributed by atoms with E-state index in [-0.39, 0.29) is 11.7 Å². The molecule has 3 amide bonds. The van der Waals surface area contributed by atoms with Gasteiger partial charge in [-0.1, -0.05) is 11.6 Å². The number of anilines is 2. The van der Waals surface area contributed by atoms with Gasteiger partial charge in [-0.3, -0.25) is 14.4 Å². The van der Waals surface area contributed by atoms with Crippen molar-refractivity contribution < 1.29 is 14.4 Å². The lowest BCUT2D eigenvalue weighted by molar-refractivity contribution is -0.136. The minimum atomic E-state index is -0.848. The third-order valence-electron chi connectivity index (χ3n) is 6.23. The van der Waals surface area contributed by atoms with Crippen LogP contribution in [0.15, 0.2) is 29.9 Å². The van der Waals surface area contributed by atoms with Crippen molar-refractivity contribution in [2.45, 2.75) is 31.5 Å². The molecule has 5 rings (SSSR count). The van der Waals surface area contributed by atoms with E-state index in [2.05, 4.69) is 40.7 Å². The van der Waals surface area contributed by atoms with Gasteiger partial charge in [-0.25, -0.2) is 15.0 Å². The Balaban J connectivity index is 1.28. The maximum atomic E-state index is 13.2. The predicted molar refractivity (Wildman–Crippen MR) is 142 cm³/mol. The lowest BCUT2D eigenvalue weighted by Crippen LogP contribution is -2.61. The summed E-state index contributed by atoms with van der Waals surface area (Å²) >= 11 is 8.73. The number of pyridine rings is 1. The van der Waals surface area contributed by atoms with E-state index in [0.717, 1.165) is 35.2 Å². The van der Waals surface area contributed by atoms with E-state index < -0.39 is 23.9 Å². The van der Waals surface area contributed by atoms with E-state index in [1.54, 1.807) is 12.3 Å². The van der Waals surface area contributed by atoms with Gasteiger partial charge in [0.15, 0.2) is 10.1 Å². The number of likely N-dealkylation sites (N-methyl/N-ethyl adjacent to an activating group) is 1. The molecular weight excluding hydrogens is 536 g/mol. The molecule has 2 aliphatic rings. The summed E-state index contributed by atoms with van der Waals surface area (Å²) in [5.74, 6) is -1.73. The minimum absolute atomic E-state index is 0.214. The number of carbonyl (C=O) groups excluding carboxylic acids is 3. The lowest BCUT2D eigenvalue weighted by Gasteiger charge is -2.38. The number of nitrogens with one attached hydrogen (secondary N) is 3. The first-order chi connectivity index (χ1) is 17.9. The van der Waals surface area contributed by atoms with Crippen molar-refractivity contribution in [2.24, 2.45) is 0 Å². The van der Waals surface area contributed by atoms with E-state index in [9.17, 15) is 14.4 Å². The smallest absolute Gasteiger partial charge is 0.314 e. The van der Waals surface area contributed by atoms with Crippen LogP contribution >= 0.6 is 34.3 Å². The third-order valence-corrected chi connectivity index (χ3v) is 8.36. The Bertz CT molecular complexity index is 1280.